The number of nitrogens with one attached hydrogen (secondary N) is 2. The topological polar surface area (TPSA) is 66.5 Å². The Hall–Kier alpha value is -1.82. The van der Waals surface area contributed by atoms with Crippen LogP contribution in [-0.4, -0.2) is 42.9 Å². The van der Waals surface area contributed by atoms with E-state index >= 15 is 0 Å². The highest BCUT2D eigenvalue weighted by Gasteiger charge is 2.24. The molecule has 120 valence electrons. The van der Waals surface area contributed by atoms with Crippen LogP contribution in [0.4, 0.5) is 16.3 Å². The SMILES string of the molecule is C[C@H](NC(=O)Nc1cccnc1N1CCCC1)[C@@H]1CCCO1. The minimum Gasteiger partial charge on any atom is -0.376 e. The van der Waals surface area contributed by atoms with Crippen LogP contribution in [0.2, 0.25) is 0 Å². The summed E-state index contributed by atoms with van der Waals surface area (Å²) in [6, 6.07) is 3.56. The third-order valence-corrected chi connectivity index (χ3v) is 4.32. The highest BCUT2D eigenvalue weighted by atomic mass is 16.5. The van der Waals surface area contributed by atoms with Gasteiger partial charge in [-0.2, -0.15) is 0 Å². The molecule has 0 spiro atoms. The van der Waals surface area contributed by atoms with Gasteiger partial charge in [0.1, 0.15) is 0 Å². The Morgan fingerprint density at radius 1 is 1.41 bits per heavy atom. The zero-order valence-corrected chi connectivity index (χ0v) is 13.0. The zero-order chi connectivity index (χ0) is 15.4. The molecule has 2 amide bonds. The lowest BCUT2D eigenvalue weighted by Crippen LogP contribution is -2.43. The van der Waals surface area contributed by atoms with Gasteiger partial charge in [-0.15, -0.1) is 0 Å². The molecule has 6 nitrogen and oxygen atoms in total. The van der Waals surface area contributed by atoms with E-state index in [1.165, 1.54) is 12.8 Å². The van der Waals surface area contributed by atoms with E-state index in [2.05, 4.69) is 20.5 Å². The second-order valence-corrected chi connectivity index (χ2v) is 6.01. The molecular weight excluding hydrogens is 280 g/mol. The fourth-order valence-electron chi connectivity index (χ4n) is 3.13. The Morgan fingerprint density at radius 2 is 2.23 bits per heavy atom. The molecule has 2 atom stereocenters. The van der Waals surface area contributed by atoms with Crippen LogP contribution in [0.1, 0.15) is 32.6 Å². The maximum absolute atomic E-state index is 12.2. The van der Waals surface area contributed by atoms with E-state index in [1.807, 2.05) is 19.1 Å². The summed E-state index contributed by atoms with van der Waals surface area (Å²) in [6.07, 6.45) is 6.33. The summed E-state index contributed by atoms with van der Waals surface area (Å²) in [5.74, 6) is 0.861. The smallest absolute Gasteiger partial charge is 0.319 e. The van der Waals surface area contributed by atoms with Crippen LogP contribution < -0.4 is 15.5 Å². The molecule has 3 heterocycles. The van der Waals surface area contributed by atoms with Crippen molar-refractivity contribution in [3.63, 3.8) is 0 Å². The zero-order valence-electron chi connectivity index (χ0n) is 13.0. The first-order chi connectivity index (χ1) is 10.7. The summed E-state index contributed by atoms with van der Waals surface area (Å²) in [4.78, 5) is 18.9. The number of hydrogen-bond acceptors (Lipinski definition) is 4. The van der Waals surface area contributed by atoms with Crippen molar-refractivity contribution < 1.29 is 9.53 Å². The fourth-order valence-corrected chi connectivity index (χ4v) is 3.13. The molecule has 2 aliphatic heterocycles. The summed E-state index contributed by atoms with van der Waals surface area (Å²) in [6.45, 7) is 4.78. The average molecular weight is 304 g/mol. The highest BCUT2D eigenvalue weighted by molar-refractivity contribution is 5.92. The lowest BCUT2D eigenvalue weighted by atomic mass is 10.1. The second-order valence-electron chi connectivity index (χ2n) is 6.01. The number of ether oxygens (including phenoxy) is 1. The van der Waals surface area contributed by atoms with Crippen molar-refractivity contribution in [3.05, 3.63) is 18.3 Å². The second kappa shape index (κ2) is 6.96. The van der Waals surface area contributed by atoms with Crippen LogP contribution in [0.5, 0.6) is 0 Å². The van der Waals surface area contributed by atoms with Gasteiger partial charge in [0.15, 0.2) is 5.82 Å². The maximum atomic E-state index is 12.2. The molecule has 0 saturated carbocycles. The lowest BCUT2D eigenvalue weighted by Gasteiger charge is -2.22. The van der Waals surface area contributed by atoms with Gasteiger partial charge in [-0.1, -0.05) is 0 Å². The van der Waals surface area contributed by atoms with Gasteiger partial charge in [-0.3, -0.25) is 0 Å². The molecule has 0 unspecified atom stereocenters. The number of carbonyl (C=O) groups is 1. The molecule has 0 radical (unpaired) electrons. The van der Waals surface area contributed by atoms with E-state index in [1.54, 1.807) is 6.20 Å². The molecule has 2 fully saturated rings. The van der Waals surface area contributed by atoms with Crippen molar-refractivity contribution >= 4 is 17.5 Å². The molecule has 0 aliphatic carbocycles. The predicted molar refractivity (Wildman–Crippen MR) is 86.3 cm³/mol. The Kier molecular flexibility index (Phi) is 4.77. The van der Waals surface area contributed by atoms with Crippen molar-refractivity contribution in [2.45, 2.75) is 44.8 Å². The molecule has 1 aromatic rings. The first kappa shape index (κ1) is 15.1. The van der Waals surface area contributed by atoms with Gasteiger partial charge in [0.25, 0.3) is 0 Å². The molecule has 22 heavy (non-hydrogen) atoms. The van der Waals surface area contributed by atoms with Crippen molar-refractivity contribution in [1.29, 1.82) is 0 Å². The third-order valence-electron chi connectivity index (χ3n) is 4.32. The molecule has 0 bridgehead atoms. The molecule has 1 aromatic heterocycles. The summed E-state index contributed by atoms with van der Waals surface area (Å²) < 4.78 is 5.61. The van der Waals surface area contributed by atoms with E-state index in [0.29, 0.717) is 0 Å². The van der Waals surface area contributed by atoms with Crippen molar-refractivity contribution in [3.8, 4) is 0 Å². The van der Waals surface area contributed by atoms with Crippen LogP contribution in [-0.2, 0) is 4.74 Å². The number of rotatable bonds is 4. The number of carbonyl (C=O) groups excluding carboxylic acids is 1. The predicted octanol–water partition coefficient (Wildman–Crippen LogP) is 2.37. The van der Waals surface area contributed by atoms with Crippen LogP contribution in [0.3, 0.4) is 0 Å². The van der Waals surface area contributed by atoms with Gasteiger partial charge in [-0.25, -0.2) is 9.78 Å². The Morgan fingerprint density at radius 3 is 2.95 bits per heavy atom. The van der Waals surface area contributed by atoms with Crippen LogP contribution in [0.25, 0.3) is 0 Å². The number of anilines is 2. The molecule has 2 saturated heterocycles. The molecule has 3 rings (SSSR count). The first-order valence-electron chi connectivity index (χ1n) is 8.13. The summed E-state index contributed by atoms with van der Waals surface area (Å²) in [5.41, 5.74) is 0.765. The summed E-state index contributed by atoms with van der Waals surface area (Å²) in [5, 5.41) is 5.90. The largest absolute Gasteiger partial charge is 0.376 e. The van der Waals surface area contributed by atoms with Crippen molar-refractivity contribution in [2.24, 2.45) is 0 Å². The maximum Gasteiger partial charge on any atom is 0.319 e. The third kappa shape index (κ3) is 3.50. The van der Waals surface area contributed by atoms with Crippen molar-refractivity contribution in [2.75, 3.05) is 29.9 Å². The van der Waals surface area contributed by atoms with Gasteiger partial charge < -0.3 is 20.3 Å². The van der Waals surface area contributed by atoms with E-state index in [-0.39, 0.29) is 18.2 Å². The van der Waals surface area contributed by atoms with E-state index in [4.69, 9.17) is 4.74 Å². The van der Waals surface area contributed by atoms with Crippen LogP contribution in [0, 0.1) is 0 Å². The van der Waals surface area contributed by atoms with E-state index in [0.717, 1.165) is 44.0 Å². The molecule has 6 heteroatoms. The van der Waals surface area contributed by atoms with E-state index < -0.39 is 0 Å². The number of hydrogen-bond donors (Lipinski definition) is 2. The molecule has 2 aliphatic rings. The molecular formula is C16H24N4O2. The monoisotopic (exact) mass is 304 g/mol. The number of pyridine rings is 1. The minimum absolute atomic E-state index is 0.00871. The molecule has 2 N–H and O–H groups in total. The number of nitrogens with zero attached hydrogens (tertiary/aromatic N) is 2. The minimum atomic E-state index is -0.198. The van der Waals surface area contributed by atoms with Crippen molar-refractivity contribution in [1.82, 2.24) is 10.3 Å². The van der Waals surface area contributed by atoms with Gasteiger partial charge in [-0.05, 0) is 44.7 Å². The van der Waals surface area contributed by atoms with Crippen LogP contribution in [0.15, 0.2) is 18.3 Å². The van der Waals surface area contributed by atoms with Crippen LogP contribution >= 0.6 is 0 Å². The first-order valence-corrected chi connectivity index (χ1v) is 8.13. The highest BCUT2D eigenvalue weighted by Crippen LogP contribution is 2.26. The Balaban J connectivity index is 1.61. The van der Waals surface area contributed by atoms with Gasteiger partial charge >= 0.3 is 6.03 Å². The summed E-state index contributed by atoms with van der Waals surface area (Å²) >= 11 is 0. The fraction of sp³-hybridized carbons (Fsp3) is 0.625. The van der Waals surface area contributed by atoms with Gasteiger partial charge in [0, 0.05) is 25.9 Å². The number of aromatic nitrogens is 1. The lowest BCUT2D eigenvalue weighted by molar-refractivity contribution is 0.0868. The van der Waals surface area contributed by atoms with Gasteiger partial charge in [0.2, 0.25) is 0 Å². The Labute approximate surface area is 131 Å². The quantitative estimate of drug-likeness (QED) is 0.896. The number of amides is 2. The normalized spacial score (nSPS) is 22.6. The average Bonchev–Trinajstić information content (AvgIpc) is 3.21. The Bertz CT molecular complexity index is 511. The molecule has 0 aromatic carbocycles. The number of urea groups is 1. The van der Waals surface area contributed by atoms with E-state index in [9.17, 15) is 4.79 Å². The summed E-state index contributed by atoms with van der Waals surface area (Å²) in [7, 11) is 0. The van der Waals surface area contributed by atoms with Gasteiger partial charge in [0.05, 0.1) is 17.8 Å². The standard InChI is InChI=1S/C16H24N4O2/c1-12(14-7-5-11-22-14)18-16(21)19-13-6-4-8-17-15(13)20-9-2-3-10-20/h4,6,8,12,14H,2-3,5,7,9-11H2,1H3,(H2,18,19,21)/t12-,14-/m0/s1.